The number of carbonyl (C=O) groups excluding carboxylic acids is 1. The molecule has 2 N–H and O–H groups in total. The number of fused-ring (bicyclic) bond motifs is 1. The molecule has 0 aliphatic carbocycles. The molecule has 7 heteroatoms. The lowest BCUT2D eigenvalue weighted by Gasteiger charge is -2.46. The van der Waals surface area contributed by atoms with E-state index in [4.69, 9.17) is 4.98 Å². The van der Waals surface area contributed by atoms with Crippen molar-refractivity contribution >= 4 is 28.3 Å². The lowest BCUT2D eigenvalue weighted by Crippen LogP contribution is -2.62. The highest BCUT2D eigenvalue weighted by atomic mass is 32.1. The van der Waals surface area contributed by atoms with Crippen molar-refractivity contribution < 1.29 is 4.79 Å². The molecule has 148 valence electrons. The van der Waals surface area contributed by atoms with Gasteiger partial charge in [0, 0.05) is 22.5 Å². The quantitative estimate of drug-likeness (QED) is 0.706. The molecule has 3 heterocycles. The molecule has 1 aliphatic rings. The predicted octanol–water partition coefficient (Wildman–Crippen LogP) is 3.59. The highest BCUT2D eigenvalue weighted by Crippen LogP contribution is 2.29. The molecule has 1 aliphatic heterocycles. The fourth-order valence-corrected chi connectivity index (χ4v) is 5.13. The number of benzene rings is 1. The van der Waals surface area contributed by atoms with E-state index >= 15 is 0 Å². The summed E-state index contributed by atoms with van der Waals surface area (Å²) in [6.45, 7) is 9.00. The van der Waals surface area contributed by atoms with Gasteiger partial charge in [0.2, 0.25) is 5.91 Å². The first-order chi connectivity index (χ1) is 13.2. The molecule has 0 bridgehead atoms. The van der Waals surface area contributed by atoms with E-state index in [1.165, 1.54) is 11.3 Å². The molecule has 0 spiro atoms. The molecular weight excluding hydrogens is 370 g/mol. The number of para-hydroxylation sites is 2. The third-order valence-corrected chi connectivity index (χ3v) is 5.76. The number of rotatable bonds is 4. The molecule has 6 nitrogen and oxygen atoms in total. The van der Waals surface area contributed by atoms with Crippen molar-refractivity contribution in [1.82, 2.24) is 25.2 Å². The van der Waals surface area contributed by atoms with Crippen LogP contribution in [0.2, 0.25) is 0 Å². The molecule has 0 radical (unpaired) electrons. The Labute approximate surface area is 169 Å². The summed E-state index contributed by atoms with van der Waals surface area (Å²) in [5.74, 6) is 0.752. The van der Waals surface area contributed by atoms with Gasteiger partial charge in [0.25, 0.3) is 0 Å². The molecule has 4 rings (SSSR count). The number of thiazole rings is 1. The maximum atomic E-state index is 13.0. The van der Waals surface area contributed by atoms with Gasteiger partial charge in [0.05, 0.1) is 16.5 Å². The standard InChI is InChI=1S/C21H27N5OS/c1-20(2)9-14(10-21(3,4)25-20)23-18(27)11-26-17-8-6-5-7-15(17)24-19(26)16-12-28-13-22-16/h5-8,12-14,25H,9-11H2,1-4H3,(H,23,27). The summed E-state index contributed by atoms with van der Waals surface area (Å²) >= 11 is 1.53. The lowest BCUT2D eigenvalue weighted by molar-refractivity contribution is -0.122. The Morgan fingerprint density at radius 1 is 1.25 bits per heavy atom. The summed E-state index contributed by atoms with van der Waals surface area (Å²) in [7, 11) is 0. The number of imidazole rings is 1. The minimum Gasteiger partial charge on any atom is -0.352 e. The van der Waals surface area contributed by atoms with Crippen LogP contribution in [-0.2, 0) is 11.3 Å². The number of amides is 1. The van der Waals surface area contributed by atoms with Gasteiger partial charge in [-0.3, -0.25) is 4.79 Å². The van der Waals surface area contributed by atoms with Crippen LogP contribution in [0.3, 0.4) is 0 Å². The summed E-state index contributed by atoms with van der Waals surface area (Å²) in [6, 6.07) is 8.06. The molecule has 1 fully saturated rings. The van der Waals surface area contributed by atoms with Crippen molar-refractivity contribution in [2.45, 2.75) is 64.2 Å². The van der Waals surface area contributed by atoms with Gasteiger partial charge < -0.3 is 15.2 Å². The van der Waals surface area contributed by atoms with Crippen LogP contribution >= 0.6 is 11.3 Å². The van der Waals surface area contributed by atoms with Crippen LogP contribution in [0.15, 0.2) is 35.2 Å². The molecule has 0 atom stereocenters. The van der Waals surface area contributed by atoms with Gasteiger partial charge in [0.1, 0.15) is 12.2 Å². The molecular formula is C21H27N5OS. The Morgan fingerprint density at radius 2 is 1.96 bits per heavy atom. The van der Waals surface area contributed by atoms with Crippen LogP contribution < -0.4 is 10.6 Å². The van der Waals surface area contributed by atoms with Crippen molar-refractivity contribution in [3.05, 3.63) is 35.2 Å². The second-order valence-corrected chi connectivity index (χ2v) is 9.67. The van der Waals surface area contributed by atoms with E-state index < -0.39 is 0 Å². The number of aromatic nitrogens is 3. The van der Waals surface area contributed by atoms with Gasteiger partial charge in [-0.05, 0) is 52.7 Å². The fraction of sp³-hybridized carbons (Fsp3) is 0.476. The average molecular weight is 398 g/mol. The molecule has 2 aromatic heterocycles. The Kier molecular flexibility index (Phi) is 4.75. The van der Waals surface area contributed by atoms with Crippen LogP contribution in [-0.4, -0.2) is 37.6 Å². The Balaban J connectivity index is 1.58. The van der Waals surface area contributed by atoms with Crippen LogP contribution in [0.5, 0.6) is 0 Å². The van der Waals surface area contributed by atoms with Crippen molar-refractivity contribution in [1.29, 1.82) is 0 Å². The molecule has 3 aromatic rings. The first-order valence-electron chi connectivity index (χ1n) is 9.65. The summed E-state index contributed by atoms with van der Waals surface area (Å²) in [4.78, 5) is 22.1. The second-order valence-electron chi connectivity index (χ2n) is 8.95. The highest BCUT2D eigenvalue weighted by molar-refractivity contribution is 7.07. The van der Waals surface area contributed by atoms with E-state index in [9.17, 15) is 4.79 Å². The van der Waals surface area contributed by atoms with Crippen molar-refractivity contribution in [3.8, 4) is 11.5 Å². The maximum absolute atomic E-state index is 13.0. The Hall–Kier alpha value is -2.25. The first-order valence-corrected chi connectivity index (χ1v) is 10.6. The number of hydrogen-bond donors (Lipinski definition) is 2. The minimum atomic E-state index is -0.00679. The van der Waals surface area contributed by atoms with Gasteiger partial charge in [-0.15, -0.1) is 11.3 Å². The van der Waals surface area contributed by atoms with Crippen LogP contribution in [0.25, 0.3) is 22.6 Å². The average Bonchev–Trinajstić information content (AvgIpc) is 3.20. The highest BCUT2D eigenvalue weighted by Gasteiger charge is 2.38. The van der Waals surface area contributed by atoms with Gasteiger partial charge in [-0.25, -0.2) is 9.97 Å². The van der Waals surface area contributed by atoms with E-state index in [1.54, 1.807) is 5.51 Å². The summed E-state index contributed by atoms with van der Waals surface area (Å²) in [6.07, 6.45) is 1.82. The second kappa shape index (κ2) is 6.97. The lowest BCUT2D eigenvalue weighted by atomic mass is 9.79. The molecule has 0 unspecified atom stereocenters. The van der Waals surface area contributed by atoms with Gasteiger partial charge in [0.15, 0.2) is 5.82 Å². The number of hydrogen-bond acceptors (Lipinski definition) is 5. The van der Waals surface area contributed by atoms with Gasteiger partial charge in [-0.2, -0.15) is 0 Å². The van der Waals surface area contributed by atoms with E-state index in [2.05, 4.69) is 43.3 Å². The normalized spacial score (nSPS) is 19.0. The fourth-order valence-electron chi connectivity index (χ4n) is 4.60. The third-order valence-electron chi connectivity index (χ3n) is 5.17. The van der Waals surface area contributed by atoms with Crippen molar-refractivity contribution in [2.24, 2.45) is 0 Å². The van der Waals surface area contributed by atoms with E-state index in [-0.39, 0.29) is 29.6 Å². The minimum absolute atomic E-state index is 0.00679. The van der Waals surface area contributed by atoms with Crippen molar-refractivity contribution in [2.75, 3.05) is 0 Å². The van der Waals surface area contributed by atoms with E-state index in [1.807, 2.05) is 34.2 Å². The van der Waals surface area contributed by atoms with Crippen LogP contribution in [0.4, 0.5) is 0 Å². The van der Waals surface area contributed by atoms with Gasteiger partial charge in [-0.1, -0.05) is 12.1 Å². The monoisotopic (exact) mass is 397 g/mol. The number of piperidine rings is 1. The van der Waals surface area contributed by atoms with Crippen molar-refractivity contribution in [3.63, 3.8) is 0 Å². The topological polar surface area (TPSA) is 71.8 Å². The number of carbonyl (C=O) groups is 1. The largest absolute Gasteiger partial charge is 0.352 e. The smallest absolute Gasteiger partial charge is 0.240 e. The third kappa shape index (κ3) is 3.95. The Bertz CT molecular complexity index is 974. The van der Waals surface area contributed by atoms with Crippen LogP contribution in [0.1, 0.15) is 40.5 Å². The zero-order chi connectivity index (χ0) is 19.9. The summed E-state index contributed by atoms with van der Waals surface area (Å²) in [5.41, 5.74) is 4.41. The molecule has 1 aromatic carbocycles. The predicted molar refractivity (Wildman–Crippen MR) is 113 cm³/mol. The van der Waals surface area contributed by atoms with E-state index in [0.29, 0.717) is 0 Å². The molecule has 0 saturated carbocycles. The SMILES string of the molecule is CC1(C)CC(NC(=O)Cn2c(-c3cscn3)nc3ccccc32)CC(C)(C)N1. The number of nitrogens with zero attached hydrogens (tertiary/aromatic N) is 3. The van der Waals surface area contributed by atoms with Gasteiger partial charge >= 0.3 is 0 Å². The molecule has 1 saturated heterocycles. The number of nitrogens with one attached hydrogen (secondary N) is 2. The zero-order valence-electron chi connectivity index (χ0n) is 16.8. The summed E-state index contributed by atoms with van der Waals surface area (Å²) in [5, 5.41) is 8.88. The first kappa shape index (κ1) is 19.1. The maximum Gasteiger partial charge on any atom is 0.240 e. The molecule has 28 heavy (non-hydrogen) atoms. The summed E-state index contributed by atoms with van der Waals surface area (Å²) < 4.78 is 1.97. The van der Waals surface area contributed by atoms with Crippen LogP contribution in [0, 0.1) is 0 Å². The Morgan fingerprint density at radius 3 is 2.64 bits per heavy atom. The molecule has 1 amide bonds. The van der Waals surface area contributed by atoms with E-state index in [0.717, 1.165) is 35.4 Å². The zero-order valence-corrected chi connectivity index (χ0v) is 17.6.